The van der Waals surface area contributed by atoms with Gasteiger partial charge in [0, 0.05) is 7.11 Å². The Morgan fingerprint density at radius 1 is 1.31 bits per heavy atom. The first-order valence-corrected chi connectivity index (χ1v) is 6.17. The number of methoxy groups -OCH3 is 2. The van der Waals surface area contributed by atoms with E-state index < -0.39 is 5.41 Å². The minimum absolute atomic E-state index is 0.101. The van der Waals surface area contributed by atoms with E-state index in [1.165, 1.54) is 20.0 Å². The number of hydrogen-bond donors (Lipinski definition) is 0. The van der Waals surface area contributed by atoms with Gasteiger partial charge in [-0.25, -0.2) is 0 Å². The molecule has 94 valence electrons. The molecule has 3 heteroatoms. The van der Waals surface area contributed by atoms with Crippen molar-refractivity contribution in [3.05, 3.63) is 0 Å². The molecular weight excluding hydrogens is 204 g/mol. The molecule has 1 aliphatic carbocycles. The van der Waals surface area contributed by atoms with Crippen molar-refractivity contribution in [3.8, 4) is 0 Å². The van der Waals surface area contributed by atoms with Gasteiger partial charge in [-0.3, -0.25) is 4.79 Å². The summed E-state index contributed by atoms with van der Waals surface area (Å²) in [6.07, 6.45) is 4.69. The van der Waals surface area contributed by atoms with E-state index in [1.807, 2.05) is 0 Å². The van der Waals surface area contributed by atoms with Gasteiger partial charge in [-0.1, -0.05) is 26.7 Å². The molecule has 16 heavy (non-hydrogen) atoms. The normalized spacial score (nSPS) is 21.1. The lowest BCUT2D eigenvalue weighted by Crippen LogP contribution is -2.46. The van der Waals surface area contributed by atoms with Gasteiger partial charge in [0.1, 0.15) is 0 Å². The topological polar surface area (TPSA) is 35.5 Å². The molecule has 0 aliphatic heterocycles. The first kappa shape index (κ1) is 13.5. The monoisotopic (exact) mass is 228 g/mol. The summed E-state index contributed by atoms with van der Waals surface area (Å²) >= 11 is 0. The second-order valence-electron chi connectivity index (χ2n) is 5.10. The Bertz CT molecular complexity index is 231. The van der Waals surface area contributed by atoms with Gasteiger partial charge in [-0.2, -0.15) is 0 Å². The summed E-state index contributed by atoms with van der Waals surface area (Å²) in [6, 6.07) is 0. The van der Waals surface area contributed by atoms with Crippen molar-refractivity contribution in [2.45, 2.75) is 39.5 Å². The Kier molecular flexibility index (Phi) is 4.78. The fourth-order valence-corrected chi connectivity index (χ4v) is 3.09. The molecular formula is C13H24O3. The zero-order valence-electron chi connectivity index (χ0n) is 10.9. The average molecular weight is 228 g/mol. The van der Waals surface area contributed by atoms with Gasteiger partial charge in [0.15, 0.2) is 0 Å². The molecule has 0 aromatic heterocycles. The zero-order chi connectivity index (χ0) is 12.2. The quantitative estimate of drug-likeness (QED) is 0.679. The Labute approximate surface area is 98.5 Å². The van der Waals surface area contributed by atoms with Gasteiger partial charge in [-0.15, -0.1) is 0 Å². The number of carbonyl (C=O) groups is 1. The maximum Gasteiger partial charge on any atom is 0.314 e. The first-order valence-electron chi connectivity index (χ1n) is 6.17. The number of ether oxygens (including phenoxy) is 2. The number of carbonyl (C=O) groups excluding carboxylic acids is 1. The van der Waals surface area contributed by atoms with Crippen molar-refractivity contribution >= 4 is 5.97 Å². The maximum absolute atomic E-state index is 12.2. The second kappa shape index (κ2) is 5.67. The van der Waals surface area contributed by atoms with E-state index in [0.29, 0.717) is 12.5 Å². The highest BCUT2D eigenvalue weighted by atomic mass is 16.5. The number of esters is 1. The van der Waals surface area contributed by atoms with Gasteiger partial charge in [0.25, 0.3) is 0 Å². The van der Waals surface area contributed by atoms with Crippen molar-refractivity contribution in [1.82, 2.24) is 0 Å². The van der Waals surface area contributed by atoms with Crippen molar-refractivity contribution < 1.29 is 14.3 Å². The molecule has 0 spiro atoms. The lowest BCUT2D eigenvalue weighted by Gasteiger charge is -2.39. The zero-order valence-corrected chi connectivity index (χ0v) is 10.9. The Morgan fingerprint density at radius 2 is 1.88 bits per heavy atom. The van der Waals surface area contributed by atoms with Crippen molar-refractivity contribution in [1.29, 1.82) is 0 Å². The molecule has 1 atom stereocenters. The van der Waals surface area contributed by atoms with Crippen LogP contribution in [0.4, 0.5) is 0 Å². The highest BCUT2D eigenvalue weighted by Crippen LogP contribution is 2.46. The van der Waals surface area contributed by atoms with Crippen LogP contribution in [0.3, 0.4) is 0 Å². The predicted molar refractivity (Wildman–Crippen MR) is 63.1 cm³/mol. The van der Waals surface area contributed by atoms with Crippen LogP contribution in [0.15, 0.2) is 0 Å². The summed E-state index contributed by atoms with van der Waals surface area (Å²) < 4.78 is 10.3. The molecule has 0 amide bonds. The van der Waals surface area contributed by atoms with E-state index in [0.717, 1.165) is 12.8 Å². The van der Waals surface area contributed by atoms with Crippen LogP contribution in [0.2, 0.25) is 0 Å². The standard InChI is InChI=1S/C13H24O3/c1-10(2)13(9-15-3,12(14)16-4)11-7-5-6-8-11/h10-11H,5-9H2,1-4H3. The molecule has 1 aliphatic rings. The van der Waals surface area contributed by atoms with Gasteiger partial charge < -0.3 is 9.47 Å². The highest BCUT2D eigenvalue weighted by Gasteiger charge is 2.49. The predicted octanol–water partition coefficient (Wildman–Crippen LogP) is 2.64. The molecule has 1 unspecified atom stereocenters. The lowest BCUT2D eigenvalue weighted by molar-refractivity contribution is -0.165. The van der Waals surface area contributed by atoms with E-state index in [9.17, 15) is 4.79 Å². The van der Waals surface area contributed by atoms with Gasteiger partial charge in [0.2, 0.25) is 0 Å². The second-order valence-corrected chi connectivity index (χ2v) is 5.10. The Balaban J connectivity index is 2.99. The van der Waals surface area contributed by atoms with Gasteiger partial charge in [-0.05, 0) is 24.7 Å². The Hall–Kier alpha value is -0.570. The van der Waals surface area contributed by atoms with Crippen molar-refractivity contribution in [2.75, 3.05) is 20.8 Å². The van der Waals surface area contributed by atoms with Crippen molar-refractivity contribution in [2.24, 2.45) is 17.3 Å². The molecule has 0 saturated heterocycles. The fraction of sp³-hybridized carbons (Fsp3) is 0.923. The lowest BCUT2D eigenvalue weighted by atomic mass is 9.67. The summed E-state index contributed by atoms with van der Waals surface area (Å²) in [5, 5.41) is 0. The van der Waals surface area contributed by atoms with Crippen LogP contribution in [0.1, 0.15) is 39.5 Å². The van der Waals surface area contributed by atoms with Crippen molar-refractivity contribution in [3.63, 3.8) is 0 Å². The van der Waals surface area contributed by atoms with Crippen LogP contribution in [0.5, 0.6) is 0 Å². The summed E-state index contributed by atoms with van der Waals surface area (Å²) in [6.45, 7) is 4.66. The minimum atomic E-state index is -0.444. The SMILES string of the molecule is COCC(C(=O)OC)(C(C)C)C1CCCC1. The minimum Gasteiger partial charge on any atom is -0.469 e. The molecule has 3 nitrogen and oxygen atoms in total. The molecule has 0 N–H and O–H groups in total. The van der Waals surface area contributed by atoms with Crippen LogP contribution in [0, 0.1) is 17.3 Å². The molecule has 0 bridgehead atoms. The van der Waals surface area contributed by atoms with Crippen LogP contribution in [-0.2, 0) is 14.3 Å². The van der Waals surface area contributed by atoms with E-state index in [2.05, 4.69) is 13.8 Å². The summed E-state index contributed by atoms with van der Waals surface area (Å²) in [7, 11) is 3.14. The molecule has 0 aromatic rings. The summed E-state index contributed by atoms with van der Waals surface area (Å²) in [4.78, 5) is 12.2. The van der Waals surface area contributed by atoms with Crippen LogP contribution < -0.4 is 0 Å². The van der Waals surface area contributed by atoms with E-state index in [-0.39, 0.29) is 11.9 Å². The third kappa shape index (κ3) is 2.24. The van der Waals surface area contributed by atoms with E-state index in [1.54, 1.807) is 7.11 Å². The van der Waals surface area contributed by atoms with E-state index >= 15 is 0 Å². The highest BCUT2D eigenvalue weighted by molar-refractivity contribution is 5.77. The molecule has 1 saturated carbocycles. The van der Waals surface area contributed by atoms with Crippen LogP contribution in [-0.4, -0.2) is 26.8 Å². The van der Waals surface area contributed by atoms with E-state index in [4.69, 9.17) is 9.47 Å². The smallest absolute Gasteiger partial charge is 0.314 e. The van der Waals surface area contributed by atoms with Crippen LogP contribution in [0.25, 0.3) is 0 Å². The van der Waals surface area contributed by atoms with Gasteiger partial charge >= 0.3 is 5.97 Å². The molecule has 1 fully saturated rings. The molecule has 1 rings (SSSR count). The van der Waals surface area contributed by atoms with Gasteiger partial charge in [0.05, 0.1) is 19.1 Å². The van der Waals surface area contributed by atoms with Crippen LogP contribution >= 0.6 is 0 Å². The largest absolute Gasteiger partial charge is 0.469 e. The summed E-state index contributed by atoms with van der Waals surface area (Å²) in [5.74, 6) is 0.569. The third-order valence-electron chi connectivity index (χ3n) is 4.06. The summed E-state index contributed by atoms with van der Waals surface area (Å²) in [5.41, 5.74) is -0.444. The number of hydrogen-bond acceptors (Lipinski definition) is 3. The average Bonchev–Trinajstić information content (AvgIpc) is 2.78. The molecule has 0 radical (unpaired) electrons. The number of rotatable bonds is 5. The first-order chi connectivity index (χ1) is 7.59. The fourth-order valence-electron chi connectivity index (χ4n) is 3.09. The third-order valence-corrected chi connectivity index (χ3v) is 4.06. The Morgan fingerprint density at radius 3 is 2.25 bits per heavy atom. The maximum atomic E-state index is 12.2. The molecule has 0 aromatic carbocycles. The molecule has 0 heterocycles.